The summed E-state index contributed by atoms with van der Waals surface area (Å²) in [6.07, 6.45) is 2.52. The summed E-state index contributed by atoms with van der Waals surface area (Å²) >= 11 is 0. The number of nitriles is 1. The minimum Gasteiger partial charge on any atom is -0.492 e. The Morgan fingerprint density at radius 1 is 1.56 bits per heavy atom. The second-order valence-corrected chi connectivity index (χ2v) is 4.82. The average molecular weight is 248 g/mol. The van der Waals surface area contributed by atoms with Crippen LogP contribution in [0.3, 0.4) is 0 Å². The first-order valence-corrected chi connectivity index (χ1v) is 6.25. The third-order valence-corrected chi connectivity index (χ3v) is 2.94. The van der Waals surface area contributed by atoms with E-state index in [0.717, 1.165) is 6.54 Å². The fraction of sp³-hybridized carbons (Fsp3) is 0.500. The minimum atomic E-state index is -0.529. The summed E-state index contributed by atoms with van der Waals surface area (Å²) in [5, 5.41) is 12.3. The molecule has 0 spiro atoms. The van der Waals surface area contributed by atoms with Crippen LogP contribution in [0.4, 0.5) is 4.39 Å². The van der Waals surface area contributed by atoms with Gasteiger partial charge < -0.3 is 10.1 Å². The molecule has 0 aromatic heterocycles. The largest absolute Gasteiger partial charge is 0.492 e. The topological polar surface area (TPSA) is 45.0 Å². The van der Waals surface area contributed by atoms with E-state index in [0.29, 0.717) is 24.3 Å². The number of nitrogens with zero attached hydrogens (tertiary/aromatic N) is 1. The molecule has 0 amide bonds. The lowest BCUT2D eigenvalue weighted by atomic mass is 10.2. The molecule has 1 aromatic rings. The SMILES string of the molecule is CC(CNC1CC1)COc1cccc(F)c1C#N. The highest BCUT2D eigenvalue weighted by Crippen LogP contribution is 2.21. The van der Waals surface area contributed by atoms with Gasteiger partial charge in [-0.05, 0) is 25.0 Å². The molecule has 0 aliphatic heterocycles. The van der Waals surface area contributed by atoms with E-state index in [2.05, 4.69) is 12.2 Å². The van der Waals surface area contributed by atoms with E-state index in [4.69, 9.17) is 10.00 Å². The molecule has 0 bridgehead atoms. The molecule has 1 atom stereocenters. The molecule has 3 nitrogen and oxygen atoms in total. The van der Waals surface area contributed by atoms with Crippen LogP contribution in [-0.4, -0.2) is 19.2 Å². The molecule has 96 valence electrons. The Labute approximate surface area is 107 Å². The highest BCUT2D eigenvalue weighted by molar-refractivity contribution is 5.43. The number of nitrogens with one attached hydrogen (secondary N) is 1. The average Bonchev–Trinajstić information content (AvgIpc) is 3.18. The van der Waals surface area contributed by atoms with Crippen molar-refractivity contribution < 1.29 is 9.13 Å². The van der Waals surface area contributed by atoms with Gasteiger partial charge in [-0.2, -0.15) is 5.26 Å². The monoisotopic (exact) mass is 248 g/mol. The van der Waals surface area contributed by atoms with Gasteiger partial charge in [-0.25, -0.2) is 4.39 Å². The van der Waals surface area contributed by atoms with Gasteiger partial charge >= 0.3 is 0 Å². The van der Waals surface area contributed by atoms with E-state index in [1.807, 2.05) is 6.07 Å². The van der Waals surface area contributed by atoms with E-state index in [9.17, 15) is 4.39 Å². The Morgan fingerprint density at radius 3 is 3.00 bits per heavy atom. The maximum Gasteiger partial charge on any atom is 0.144 e. The predicted octanol–water partition coefficient (Wildman–Crippen LogP) is 2.46. The van der Waals surface area contributed by atoms with E-state index >= 15 is 0 Å². The van der Waals surface area contributed by atoms with Crippen molar-refractivity contribution in [3.8, 4) is 11.8 Å². The summed E-state index contributed by atoms with van der Waals surface area (Å²) in [6, 6.07) is 6.96. The summed E-state index contributed by atoms with van der Waals surface area (Å²) in [4.78, 5) is 0. The van der Waals surface area contributed by atoms with Crippen LogP contribution in [-0.2, 0) is 0 Å². The van der Waals surface area contributed by atoms with Gasteiger partial charge in [0.15, 0.2) is 0 Å². The van der Waals surface area contributed by atoms with Crippen LogP contribution in [0.25, 0.3) is 0 Å². The summed E-state index contributed by atoms with van der Waals surface area (Å²) in [5.41, 5.74) is -0.0140. The minimum absolute atomic E-state index is 0.0140. The molecule has 0 saturated heterocycles. The molecule has 18 heavy (non-hydrogen) atoms. The lowest BCUT2D eigenvalue weighted by molar-refractivity contribution is 0.253. The molecule has 1 aromatic carbocycles. The quantitative estimate of drug-likeness (QED) is 0.841. The van der Waals surface area contributed by atoms with Gasteiger partial charge in [0, 0.05) is 18.5 Å². The van der Waals surface area contributed by atoms with Crippen LogP contribution in [0.15, 0.2) is 18.2 Å². The second kappa shape index (κ2) is 5.83. The third-order valence-electron chi connectivity index (χ3n) is 2.94. The standard InChI is InChI=1S/C14H17FN2O/c1-10(8-17-11-5-6-11)9-18-14-4-2-3-13(15)12(14)7-16/h2-4,10-11,17H,5-6,8-9H2,1H3. The summed E-state index contributed by atoms with van der Waals surface area (Å²) in [7, 11) is 0. The van der Waals surface area contributed by atoms with Crippen molar-refractivity contribution in [2.75, 3.05) is 13.2 Å². The van der Waals surface area contributed by atoms with Crippen LogP contribution in [0.5, 0.6) is 5.75 Å². The van der Waals surface area contributed by atoms with Crippen molar-refractivity contribution >= 4 is 0 Å². The fourth-order valence-corrected chi connectivity index (χ4v) is 1.68. The van der Waals surface area contributed by atoms with Gasteiger partial charge in [-0.3, -0.25) is 0 Å². The van der Waals surface area contributed by atoms with Gasteiger partial charge in [0.25, 0.3) is 0 Å². The lowest BCUT2D eigenvalue weighted by Gasteiger charge is -2.14. The van der Waals surface area contributed by atoms with E-state index < -0.39 is 5.82 Å². The Kier molecular flexibility index (Phi) is 4.16. The van der Waals surface area contributed by atoms with Crippen molar-refractivity contribution in [1.29, 1.82) is 5.26 Å². The van der Waals surface area contributed by atoms with Crippen molar-refractivity contribution in [3.63, 3.8) is 0 Å². The molecule has 1 unspecified atom stereocenters. The zero-order valence-electron chi connectivity index (χ0n) is 10.4. The summed E-state index contributed by atoms with van der Waals surface area (Å²) < 4.78 is 18.8. The lowest BCUT2D eigenvalue weighted by Crippen LogP contribution is -2.26. The number of halogens is 1. The van der Waals surface area contributed by atoms with Crippen molar-refractivity contribution in [3.05, 3.63) is 29.6 Å². The van der Waals surface area contributed by atoms with E-state index in [1.54, 1.807) is 12.1 Å². The van der Waals surface area contributed by atoms with Gasteiger partial charge in [0.1, 0.15) is 23.2 Å². The molecule has 0 heterocycles. The Hall–Kier alpha value is -1.60. The molecule has 2 rings (SSSR count). The Bertz CT molecular complexity index is 452. The maximum absolute atomic E-state index is 13.3. The number of ether oxygens (including phenoxy) is 1. The van der Waals surface area contributed by atoms with Gasteiger partial charge in [0.05, 0.1) is 6.61 Å². The van der Waals surface area contributed by atoms with Gasteiger partial charge in [-0.1, -0.05) is 13.0 Å². The zero-order chi connectivity index (χ0) is 13.0. The first kappa shape index (κ1) is 12.8. The Morgan fingerprint density at radius 2 is 2.33 bits per heavy atom. The molecule has 1 fully saturated rings. The van der Waals surface area contributed by atoms with Gasteiger partial charge in [0.2, 0.25) is 0 Å². The smallest absolute Gasteiger partial charge is 0.144 e. The fourth-order valence-electron chi connectivity index (χ4n) is 1.68. The molecule has 1 saturated carbocycles. The number of rotatable bonds is 6. The van der Waals surface area contributed by atoms with Crippen LogP contribution >= 0.6 is 0 Å². The molecule has 1 aliphatic rings. The van der Waals surface area contributed by atoms with Crippen molar-refractivity contribution in [1.82, 2.24) is 5.32 Å². The molecule has 1 aliphatic carbocycles. The van der Waals surface area contributed by atoms with Gasteiger partial charge in [-0.15, -0.1) is 0 Å². The number of hydrogen-bond acceptors (Lipinski definition) is 3. The highest BCUT2D eigenvalue weighted by Gasteiger charge is 2.21. The summed E-state index contributed by atoms with van der Waals surface area (Å²) in [6.45, 7) is 3.44. The first-order valence-electron chi connectivity index (χ1n) is 6.25. The first-order chi connectivity index (χ1) is 8.70. The van der Waals surface area contributed by atoms with Crippen molar-refractivity contribution in [2.45, 2.75) is 25.8 Å². The van der Waals surface area contributed by atoms with Crippen LogP contribution in [0.2, 0.25) is 0 Å². The van der Waals surface area contributed by atoms with Crippen LogP contribution < -0.4 is 10.1 Å². The predicted molar refractivity (Wildman–Crippen MR) is 66.8 cm³/mol. The zero-order valence-corrected chi connectivity index (χ0v) is 10.4. The summed E-state index contributed by atoms with van der Waals surface area (Å²) in [5.74, 6) is 0.134. The van der Waals surface area contributed by atoms with Crippen LogP contribution in [0, 0.1) is 23.1 Å². The molecule has 4 heteroatoms. The third kappa shape index (κ3) is 3.44. The normalized spacial score (nSPS) is 16.1. The number of benzene rings is 1. The van der Waals surface area contributed by atoms with E-state index in [-0.39, 0.29) is 5.56 Å². The number of hydrogen-bond donors (Lipinski definition) is 1. The van der Waals surface area contributed by atoms with Crippen molar-refractivity contribution in [2.24, 2.45) is 5.92 Å². The Balaban J connectivity index is 1.85. The van der Waals surface area contributed by atoms with Crippen LogP contribution in [0.1, 0.15) is 25.3 Å². The molecule has 1 N–H and O–H groups in total. The maximum atomic E-state index is 13.3. The second-order valence-electron chi connectivity index (χ2n) is 4.82. The molecular formula is C14H17FN2O. The highest BCUT2D eigenvalue weighted by atomic mass is 19.1. The molecular weight excluding hydrogens is 231 g/mol. The molecule has 0 radical (unpaired) electrons. The van der Waals surface area contributed by atoms with E-state index in [1.165, 1.54) is 18.9 Å².